The van der Waals surface area contributed by atoms with Gasteiger partial charge < -0.3 is 15.2 Å². The molecule has 0 saturated heterocycles. The number of alkyl halides is 3. The molecule has 32 heavy (non-hydrogen) atoms. The zero-order chi connectivity index (χ0) is 23.6. The van der Waals surface area contributed by atoms with E-state index in [-0.39, 0.29) is 23.4 Å². The summed E-state index contributed by atoms with van der Waals surface area (Å²) in [4.78, 5) is 25.4. The minimum absolute atomic E-state index is 0.0231. The number of amides is 1. The summed E-state index contributed by atoms with van der Waals surface area (Å²) in [6, 6.07) is 6.41. The van der Waals surface area contributed by atoms with E-state index < -0.39 is 29.6 Å². The first-order valence-electron chi connectivity index (χ1n) is 9.71. The number of phenolic OH excluding ortho intramolecular Hbond substituents is 1. The van der Waals surface area contributed by atoms with E-state index in [4.69, 9.17) is 0 Å². The number of hydrogen-bond donors (Lipinski definition) is 2. The number of rotatable bonds is 6. The lowest BCUT2D eigenvalue weighted by molar-refractivity contribution is -0.274. The SMILES string of the molecule is CCCNC(=O)Cc1c(C)n(C(=O)c2ccc(OC(F)(F)F)cc2)c2cc(F)c(O)cc12. The predicted molar refractivity (Wildman–Crippen MR) is 108 cm³/mol. The molecule has 0 aliphatic rings. The number of carbonyl (C=O) groups excluding carboxylic acids is 2. The second-order valence-corrected chi connectivity index (χ2v) is 7.12. The van der Waals surface area contributed by atoms with Crippen molar-refractivity contribution < 1.29 is 37.0 Å². The molecule has 3 rings (SSSR count). The van der Waals surface area contributed by atoms with Crippen molar-refractivity contribution in [2.75, 3.05) is 6.54 Å². The van der Waals surface area contributed by atoms with E-state index in [9.17, 15) is 32.3 Å². The van der Waals surface area contributed by atoms with Crippen LogP contribution in [0.3, 0.4) is 0 Å². The molecule has 1 heterocycles. The molecule has 170 valence electrons. The number of aromatic hydroxyl groups is 1. The summed E-state index contributed by atoms with van der Waals surface area (Å²) in [5, 5.41) is 12.9. The van der Waals surface area contributed by atoms with Gasteiger partial charge in [-0.15, -0.1) is 13.2 Å². The Morgan fingerprint density at radius 2 is 1.81 bits per heavy atom. The van der Waals surface area contributed by atoms with Crippen LogP contribution in [-0.4, -0.2) is 34.4 Å². The maximum atomic E-state index is 14.1. The van der Waals surface area contributed by atoms with Gasteiger partial charge in [0.25, 0.3) is 5.91 Å². The minimum atomic E-state index is -4.87. The Hall–Kier alpha value is -3.56. The number of nitrogens with zero attached hydrogens (tertiary/aromatic N) is 1. The lowest BCUT2D eigenvalue weighted by Crippen LogP contribution is -2.26. The first kappa shape index (κ1) is 23.1. The molecule has 0 atom stereocenters. The number of halogens is 4. The number of fused-ring (bicyclic) bond motifs is 1. The highest BCUT2D eigenvalue weighted by Crippen LogP contribution is 2.32. The molecule has 0 saturated carbocycles. The molecule has 0 aliphatic heterocycles. The normalized spacial score (nSPS) is 11.6. The van der Waals surface area contributed by atoms with Crippen molar-refractivity contribution in [1.82, 2.24) is 9.88 Å². The summed E-state index contributed by atoms with van der Waals surface area (Å²) in [6.07, 6.45) is -4.25. The van der Waals surface area contributed by atoms with Crippen molar-refractivity contribution in [3.05, 3.63) is 59.0 Å². The molecule has 0 radical (unpaired) electrons. The quantitative estimate of drug-likeness (QED) is 0.542. The van der Waals surface area contributed by atoms with Crippen LogP contribution in [0.2, 0.25) is 0 Å². The Morgan fingerprint density at radius 1 is 1.16 bits per heavy atom. The summed E-state index contributed by atoms with van der Waals surface area (Å²) in [6.45, 7) is 3.92. The second kappa shape index (κ2) is 8.89. The molecular formula is C22H20F4N2O4. The minimum Gasteiger partial charge on any atom is -0.505 e. The first-order chi connectivity index (χ1) is 15.0. The summed E-state index contributed by atoms with van der Waals surface area (Å²) in [5.41, 5.74) is 0.915. The summed E-state index contributed by atoms with van der Waals surface area (Å²) < 4.78 is 56.2. The van der Waals surface area contributed by atoms with E-state index in [1.165, 1.54) is 4.57 Å². The maximum Gasteiger partial charge on any atom is 0.573 e. The smallest absolute Gasteiger partial charge is 0.505 e. The number of benzene rings is 2. The average Bonchev–Trinajstić information content (AvgIpc) is 2.96. The molecule has 0 aliphatic carbocycles. The molecule has 0 fully saturated rings. The van der Waals surface area contributed by atoms with Crippen molar-refractivity contribution in [3.8, 4) is 11.5 Å². The lowest BCUT2D eigenvalue weighted by Gasteiger charge is -2.11. The van der Waals surface area contributed by atoms with Crippen molar-refractivity contribution >= 4 is 22.7 Å². The average molecular weight is 452 g/mol. The zero-order valence-corrected chi connectivity index (χ0v) is 17.2. The van der Waals surface area contributed by atoms with Crippen LogP contribution in [0.25, 0.3) is 10.9 Å². The Morgan fingerprint density at radius 3 is 2.41 bits per heavy atom. The van der Waals surface area contributed by atoms with Gasteiger partial charge >= 0.3 is 6.36 Å². The molecule has 0 bridgehead atoms. The van der Waals surface area contributed by atoms with E-state index in [2.05, 4.69) is 10.1 Å². The van der Waals surface area contributed by atoms with Gasteiger partial charge in [0.15, 0.2) is 11.6 Å². The van der Waals surface area contributed by atoms with E-state index in [1.807, 2.05) is 6.92 Å². The van der Waals surface area contributed by atoms with Crippen molar-refractivity contribution in [2.45, 2.75) is 33.1 Å². The fourth-order valence-corrected chi connectivity index (χ4v) is 3.39. The fourth-order valence-electron chi connectivity index (χ4n) is 3.39. The highest BCUT2D eigenvalue weighted by molar-refractivity contribution is 6.05. The van der Waals surface area contributed by atoms with Crippen LogP contribution >= 0.6 is 0 Å². The van der Waals surface area contributed by atoms with Crippen LogP contribution in [0.15, 0.2) is 36.4 Å². The van der Waals surface area contributed by atoms with Gasteiger partial charge in [-0.25, -0.2) is 4.39 Å². The van der Waals surface area contributed by atoms with E-state index in [0.29, 0.717) is 23.2 Å². The van der Waals surface area contributed by atoms with Gasteiger partial charge in [-0.3, -0.25) is 14.2 Å². The van der Waals surface area contributed by atoms with E-state index in [0.717, 1.165) is 42.8 Å². The Labute approximate surface area is 180 Å². The van der Waals surface area contributed by atoms with E-state index >= 15 is 0 Å². The summed E-state index contributed by atoms with van der Waals surface area (Å²) in [7, 11) is 0. The molecule has 1 aromatic heterocycles. The number of phenols is 1. The third-order valence-corrected chi connectivity index (χ3v) is 4.85. The Bertz CT molecular complexity index is 1170. The maximum absolute atomic E-state index is 14.1. The lowest BCUT2D eigenvalue weighted by atomic mass is 10.1. The van der Waals surface area contributed by atoms with Gasteiger partial charge in [0.05, 0.1) is 11.9 Å². The highest BCUT2D eigenvalue weighted by atomic mass is 19.4. The molecule has 0 unspecified atom stereocenters. The van der Waals surface area contributed by atoms with Crippen LogP contribution in [0, 0.1) is 12.7 Å². The highest BCUT2D eigenvalue weighted by Gasteiger charge is 2.31. The Balaban J connectivity index is 2.05. The largest absolute Gasteiger partial charge is 0.573 e. The molecule has 10 heteroatoms. The van der Waals surface area contributed by atoms with Crippen LogP contribution in [0.5, 0.6) is 11.5 Å². The zero-order valence-electron chi connectivity index (χ0n) is 17.2. The van der Waals surface area contributed by atoms with Gasteiger partial charge in [-0.2, -0.15) is 0 Å². The van der Waals surface area contributed by atoms with Crippen LogP contribution < -0.4 is 10.1 Å². The van der Waals surface area contributed by atoms with Gasteiger partial charge in [0.2, 0.25) is 5.91 Å². The Kier molecular flexibility index (Phi) is 6.42. The number of hydrogen-bond acceptors (Lipinski definition) is 4. The number of ether oxygens (including phenoxy) is 1. The fraction of sp³-hybridized carbons (Fsp3) is 0.273. The first-order valence-corrected chi connectivity index (χ1v) is 9.71. The number of nitrogens with one attached hydrogen (secondary N) is 1. The molecule has 2 N–H and O–H groups in total. The van der Waals surface area contributed by atoms with Crippen LogP contribution in [-0.2, 0) is 11.2 Å². The molecule has 2 aromatic carbocycles. The third kappa shape index (κ3) is 4.84. The second-order valence-electron chi connectivity index (χ2n) is 7.12. The topological polar surface area (TPSA) is 80.6 Å². The van der Waals surface area contributed by atoms with Gasteiger partial charge in [-0.1, -0.05) is 6.92 Å². The predicted octanol–water partition coefficient (Wildman–Crippen LogP) is 4.45. The van der Waals surface area contributed by atoms with Crippen molar-refractivity contribution in [2.24, 2.45) is 0 Å². The van der Waals surface area contributed by atoms with Gasteiger partial charge in [0.1, 0.15) is 5.75 Å². The molecule has 3 aromatic rings. The molecular weight excluding hydrogens is 432 g/mol. The molecule has 1 amide bonds. The summed E-state index contributed by atoms with van der Waals surface area (Å²) in [5.74, 6) is -3.03. The standard InChI is InChI=1S/C22H20F4N2O4/c1-3-8-27-20(30)10-15-12(2)28(18-11-17(23)19(29)9-16(15)18)21(31)13-4-6-14(7-5-13)32-22(24,25)26/h4-7,9,11,29H,3,8,10H2,1-2H3,(H,27,30). The molecule has 6 nitrogen and oxygen atoms in total. The van der Waals surface area contributed by atoms with Crippen LogP contribution in [0.1, 0.15) is 35.0 Å². The van der Waals surface area contributed by atoms with Gasteiger partial charge in [-0.05, 0) is 49.2 Å². The third-order valence-electron chi connectivity index (χ3n) is 4.85. The molecule has 0 spiro atoms. The van der Waals surface area contributed by atoms with Gasteiger partial charge in [0, 0.05) is 29.3 Å². The van der Waals surface area contributed by atoms with Crippen molar-refractivity contribution in [3.63, 3.8) is 0 Å². The van der Waals surface area contributed by atoms with Crippen LogP contribution in [0.4, 0.5) is 17.6 Å². The van der Waals surface area contributed by atoms with Crippen molar-refractivity contribution in [1.29, 1.82) is 0 Å². The number of aromatic nitrogens is 1. The number of carbonyl (C=O) groups is 2. The monoisotopic (exact) mass is 452 g/mol. The summed E-state index contributed by atoms with van der Waals surface area (Å²) >= 11 is 0. The van der Waals surface area contributed by atoms with E-state index in [1.54, 1.807) is 6.92 Å².